The van der Waals surface area contributed by atoms with Crippen molar-refractivity contribution in [2.75, 3.05) is 18.5 Å². The Balaban J connectivity index is 2.26. The molecule has 0 spiro atoms. The van der Waals surface area contributed by atoms with Gasteiger partial charge in [0.2, 0.25) is 0 Å². The zero-order valence-electron chi connectivity index (χ0n) is 16.3. The van der Waals surface area contributed by atoms with Gasteiger partial charge < -0.3 is 14.8 Å². The predicted octanol–water partition coefficient (Wildman–Crippen LogP) is 3.73. The Labute approximate surface area is 164 Å². The molecule has 3 rings (SSSR count). The smallest absolute Gasteiger partial charge is 0.332 e. The van der Waals surface area contributed by atoms with Crippen molar-refractivity contribution >= 4 is 29.0 Å². The Morgan fingerprint density at radius 1 is 1.00 bits per heavy atom. The Bertz CT molecular complexity index is 894. The molecule has 0 fully saturated rings. The second kappa shape index (κ2) is 8.25. The number of hydrogen-bond acceptors (Lipinski definition) is 6. The van der Waals surface area contributed by atoms with Gasteiger partial charge >= 0.3 is 11.9 Å². The molecule has 0 amide bonds. The monoisotopic (exact) mass is 380 g/mol. The number of ether oxygens (including phenoxy) is 2. The van der Waals surface area contributed by atoms with Crippen LogP contribution in [0.4, 0.5) is 11.4 Å². The minimum absolute atomic E-state index is 0.198. The number of hydrogen-bond donors (Lipinski definition) is 1. The van der Waals surface area contributed by atoms with Crippen LogP contribution in [0.1, 0.15) is 26.3 Å². The summed E-state index contributed by atoms with van der Waals surface area (Å²) in [6.45, 7) is 5.52. The zero-order chi connectivity index (χ0) is 20.1. The van der Waals surface area contributed by atoms with Crippen molar-refractivity contribution in [1.82, 2.24) is 0 Å². The first-order chi connectivity index (χ1) is 13.5. The molecule has 0 bridgehead atoms. The maximum atomic E-state index is 13.1. The molecule has 0 aromatic heterocycles. The zero-order valence-corrected chi connectivity index (χ0v) is 16.3. The molecule has 0 saturated heterocycles. The molecule has 1 aliphatic heterocycles. The van der Waals surface area contributed by atoms with E-state index in [-0.39, 0.29) is 13.2 Å². The van der Waals surface area contributed by atoms with Gasteiger partial charge in [0.25, 0.3) is 0 Å². The summed E-state index contributed by atoms with van der Waals surface area (Å²) < 4.78 is 10.7. The quantitative estimate of drug-likeness (QED) is 0.800. The highest BCUT2D eigenvalue weighted by Crippen LogP contribution is 2.38. The maximum absolute atomic E-state index is 13.1. The molecule has 6 heteroatoms. The number of benzene rings is 2. The lowest BCUT2D eigenvalue weighted by Crippen LogP contribution is -2.56. The van der Waals surface area contributed by atoms with E-state index in [0.29, 0.717) is 17.1 Å². The first-order valence-electron chi connectivity index (χ1n) is 9.36. The fourth-order valence-corrected chi connectivity index (χ4v) is 3.36. The van der Waals surface area contributed by atoms with E-state index >= 15 is 0 Å². The number of anilines is 1. The molecule has 0 saturated carbocycles. The van der Waals surface area contributed by atoms with Crippen molar-refractivity contribution < 1.29 is 19.1 Å². The van der Waals surface area contributed by atoms with Crippen molar-refractivity contribution in [3.05, 3.63) is 60.2 Å². The summed E-state index contributed by atoms with van der Waals surface area (Å²) in [7, 11) is 0. The minimum Gasteiger partial charge on any atom is -0.465 e. The molecule has 2 atom stereocenters. The molecular weight excluding hydrogens is 356 g/mol. The summed E-state index contributed by atoms with van der Waals surface area (Å²) in [6, 6.07) is 16.7. The van der Waals surface area contributed by atoms with E-state index in [1.165, 1.54) is 0 Å². The maximum Gasteiger partial charge on any atom is 0.332 e. The molecule has 1 N–H and O–H groups in total. The number of carbonyl (C=O) groups is 2. The van der Waals surface area contributed by atoms with Gasteiger partial charge in [-0.25, -0.2) is 9.79 Å². The molecule has 1 heterocycles. The van der Waals surface area contributed by atoms with Gasteiger partial charge in [-0.3, -0.25) is 4.79 Å². The molecular formula is C22H24N2O4. The molecule has 146 valence electrons. The van der Waals surface area contributed by atoms with E-state index in [0.717, 1.165) is 5.56 Å². The van der Waals surface area contributed by atoms with E-state index in [9.17, 15) is 9.59 Å². The fourth-order valence-electron chi connectivity index (χ4n) is 3.36. The van der Waals surface area contributed by atoms with Crippen LogP contribution in [0.15, 0.2) is 59.6 Å². The van der Waals surface area contributed by atoms with Crippen LogP contribution in [0.5, 0.6) is 0 Å². The topological polar surface area (TPSA) is 77.0 Å². The number of para-hydroxylation sites is 2. The van der Waals surface area contributed by atoms with Gasteiger partial charge in [-0.15, -0.1) is 0 Å². The summed E-state index contributed by atoms with van der Waals surface area (Å²) in [5, 5.41) is 3.22. The Kier molecular flexibility index (Phi) is 5.78. The first kappa shape index (κ1) is 19.6. The van der Waals surface area contributed by atoms with Crippen molar-refractivity contribution in [3.8, 4) is 0 Å². The number of aliphatic imine (C=N–C) groups is 1. The first-order valence-corrected chi connectivity index (χ1v) is 9.36. The SMILES string of the molecule is CCOC(=O)C1C(c2ccccc2)=Nc2ccccc2NC1(C)C(=O)OCC. The molecule has 28 heavy (non-hydrogen) atoms. The summed E-state index contributed by atoms with van der Waals surface area (Å²) in [6.07, 6.45) is 0. The standard InChI is InChI=1S/C22H24N2O4/c1-4-27-20(25)18-19(15-11-7-6-8-12-15)23-16-13-9-10-14-17(16)24-22(18,3)21(26)28-5-2/h6-14,18,24H,4-5H2,1-3H3. The third-order valence-electron chi connectivity index (χ3n) is 4.68. The predicted molar refractivity (Wildman–Crippen MR) is 108 cm³/mol. The van der Waals surface area contributed by atoms with Crippen LogP contribution in [-0.4, -0.2) is 36.4 Å². The van der Waals surface area contributed by atoms with Gasteiger partial charge in [0.1, 0.15) is 5.92 Å². The summed E-state index contributed by atoms with van der Waals surface area (Å²) in [5.74, 6) is -2.05. The summed E-state index contributed by atoms with van der Waals surface area (Å²) in [4.78, 5) is 30.9. The van der Waals surface area contributed by atoms with Crippen molar-refractivity contribution in [2.24, 2.45) is 10.9 Å². The Morgan fingerprint density at radius 3 is 2.32 bits per heavy atom. The average molecular weight is 380 g/mol. The third-order valence-corrected chi connectivity index (χ3v) is 4.68. The number of nitrogens with one attached hydrogen (secondary N) is 1. The highest BCUT2D eigenvalue weighted by Gasteiger charge is 2.52. The molecule has 0 aliphatic carbocycles. The van der Waals surface area contributed by atoms with Crippen LogP contribution >= 0.6 is 0 Å². The molecule has 2 aromatic carbocycles. The van der Waals surface area contributed by atoms with Crippen molar-refractivity contribution in [3.63, 3.8) is 0 Å². The lowest BCUT2D eigenvalue weighted by atomic mass is 9.79. The van der Waals surface area contributed by atoms with Crippen LogP contribution < -0.4 is 5.32 Å². The number of carbonyl (C=O) groups excluding carboxylic acids is 2. The molecule has 1 aliphatic rings. The second-order valence-electron chi connectivity index (χ2n) is 6.61. The van der Waals surface area contributed by atoms with Crippen LogP contribution in [0.3, 0.4) is 0 Å². The van der Waals surface area contributed by atoms with Gasteiger partial charge in [0.05, 0.1) is 30.3 Å². The van der Waals surface area contributed by atoms with Gasteiger partial charge in [-0.05, 0) is 38.5 Å². The van der Waals surface area contributed by atoms with Crippen molar-refractivity contribution in [1.29, 1.82) is 0 Å². The third kappa shape index (κ3) is 3.63. The van der Waals surface area contributed by atoms with Crippen LogP contribution in [0.25, 0.3) is 0 Å². The lowest BCUT2D eigenvalue weighted by molar-refractivity contribution is -0.157. The Morgan fingerprint density at radius 2 is 1.64 bits per heavy atom. The van der Waals surface area contributed by atoms with Gasteiger partial charge in [0, 0.05) is 0 Å². The highest BCUT2D eigenvalue weighted by molar-refractivity contribution is 6.18. The van der Waals surface area contributed by atoms with Crippen LogP contribution in [-0.2, 0) is 19.1 Å². The molecule has 6 nitrogen and oxygen atoms in total. The number of fused-ring (bicyclic) bond motifs is 1. The second-order valence-corrected chi connectivity index (χ2v) is 6.61. The molecule has 0 radical (unpaired) electrons. The van der Waals surface area contributed by atoms with Crippen LogP contribution in [0.2, 0.25) is 0 Å². The summed E-state index contributed by atoms with van der Waals surface area (Å²) >= 11 is 0. The van der Waals surface area contributed by atoms with Gasteiger partial charge in [0.15, 0.2) is 5.54 Å². The van der Waals surface area contributed by atoms with Gasteiger partial charge in [-0.1, -0.05) is 42.5 Å². The Hall–Kier alpha value is -3.15. The number of rotatable bonds is 5. The van der Waals surface area contributed by atoms with Crippen molar-refractivity contribution in [2.45, 2.75) is 26.3 Å². The number of esters is 2. The fraction of sp³-hybridized carbons (Fsp3) is 0.318. The van der Waals surface area contributed by atoms with E-state index in [2.05, 4.69) is 5.32 Å². The largest absolute Gasteiger partial charge is 0.465 e. The number of nitrogens with zero attached hydrogens (tertiary/aromatic N) is 1. The minimum atomic E-state index is -1.39. The molecule has 2 unspecified atom stereocenters. The van der Waals surface area contributed by atoms with E-state index in [1.54, 1.807) is 20.8 Å². The lowest BCUT2D eigenvalue weighted by Gasteiger charge is -2.34. The van der Waals surface area contributed by atoms with Gasteiger partial charge in [-0.2, -0.15) is 0 Å². The molecule has 2 aromatic rings. The highest BCUT2D eigenvalue weighted by atomic mass is 16.5. The normalized spacial score (nSPS) is 20.8. The van der Waals surface area contributed by atoms with E-state index in [4.69, 9.17) is 14.5 Å². The average Bonchev–Trinajstić information content (AvgIpc) is 2.83. The summed E-state index contributed by atoms with van der Waals surface area (Å²) in [5.41, 5.74) is 1.12. The van der Waals surface area contributed by atoms with Crippen LogP contribution in [0, 0.1) is 5.92 Å². The van der Waals surface area contributed by atoms with E-state index in [1.807, 2.05) is 54.6 Å². The van der Waals surface area contributed by atoms with E-state index < -0.39 is 23.4 Å².